The van der Waals surface area contributed by atoms with Crippen LogP contribution < -0.4 is 11.1 Å². The van der Waals surface area contributed by atoms with E-state index in [-0.39, 0.29) is 24.3 Å². The summed E-state index contributed by atoms with van der Waals surface area (Å²) in [5, 5.41) is 33.7. The van der Waals surface area contributed by atoms with E-state index in [4.69, 9.17) is 10.9 Å². The first kappa shape index (κ1) is 28.1. The largest absolute Gasteiger partial charge is 0.480 e. The summed E-state index contributed by atoms with van der Waals surface area (Å²) in [7, 11) is -4.12. The molecule has 38 heavy (non-hydrogen) atoms. The number of nitrogens with two attached hydrogens (primary N) is 1. The number of carbonyl (C=O) groups is 2. The smallest absolute Gasteiger partial charge is 0.318 e. The average Bonchev–Trinajstić information content (AvgIpc) is 2.88. The number of oxime groups is 1. The topological polar surface area (TPSA) is 186 Å². The van der Waals surface area contributed by atoms with Crippen LogP contribution in [-0.2, 0) is 19.6 Å². The lowest BCUT2D eigenvalue weighted by Crippen LogP contribution is -2.49. The van der Waals surface area contributed by atoms with Crippen LogP contribution in [0, 0.1) is 11.3 Å². The van der Waals surface area contributed by atoms with Crippen LogP contribution in [0.3, 0.4) is 0 Å². The molecule has 11 nitrogen and oxygen atoms in total. The Bertz CT molecular complexity index is 1490. The molecule has 0 saturated heterocycles. The van der Waals surface area contributed by atoms with Gasteiger partial charge in [0.05, 0.1) is 23.6 Å². The zero-order valence-electron chi connectivity index (χ0n) is 20.7. The quantitative estimate of drug-likeness (QED) is 0.278. The van der Waals surface area contributed by atoms with Crippen molar-refractivity contribution in [2.45, 2.75) is 25.8 Å². The Kier molecular flexibility index (Phi) is 8.67. The molecule has 5 N–H and O–H groups in total. The van der Waals surface area contributed by atoms with Crippen molar-refractivity contribution in [3.8, 4) is 17.2 Å². The van der Waals surface area contributed by atoms with Crippen LogP contribution in [0.5, 0.6) is 0 Å². The second-order valence-corrected chi connectivity index (χ2v) is 10.6. The third-order valence-electron chi connectivity index (χ3n) is 6.15. The number of nitrogens with zero attached hydrogens (tertiary/aromatic N) is 3. The summed E-state index contributed by atoms with van der Waals surface area (Å²) in [5.74, 6) is -2.16. The molecule has 0 saturated carbocycles. The van der Waals surface area contributed by atoms with Gasteiger partial charge in [0.25, 0.3) is 0 Å². The number of sulfonamides is 1. The van der Waals surface area contributed by atoms with Crippen molar-refractivity contribution < 1.29 is 28.3 Å². The van der Waals surface area contributed by atoms with Gasteiger partial charge in [0.2, 0.25) is 15.9 Å². The van der Waals surface area contributed by atoms with Crippen molar-refractivity contribution >= 4 is 33.3 Å². The fourth-order valence-electron chi connectivity index (χ4n) is 4.12. The van der Waals surface area contributed by atoms with Crippen LogP contribution in [0.1, 0.15) is 25.3 Å². The first-order valence-electron chi connectivity index (χ1n) is 11.4. The van der Waals surface area contributed by atoms with Gasteiger partial charge in [-0.2, -0.15) is 9.57 Å². The lowest BCUT2D eigenvalue weighted by atomic mass is 9.90. The van der Waals surface area contributed by atoms with Gasteiger partial charge in [-0.1, -0.05) is 41.6 Å². The highest BCUT2D eigenvalue weighted by Gasteiger charge is 2.35. The number of nitriles is 1. The lowest BCUT2D eigenvalue weighted by Gasteiger charge is -2.29. The number of nitrogens with one attached hydrogen (secondary N) is 1. The number of carbonyl (C=O) groups excluding carboxylic acids is 1. The number of anilines is 1. The van der Waals surface area contributed by atoms with Crippen molar-refractivity contribution in [3.05, 3.63) is 77.0 Å². The van der Waals surface area contributed by atoms with Gasteiger partial charge in [-0.3, -0.25) is 9.59 Å². The normalized spacial score (nSPS) is 15.6. The minimum atomic E-state index is -4.12. The zero-order valence-corrected chi connectivity index (χ0v) is 21.6. The van der Waals surface area contributed by atoms with E-state index < -0.39 is 34.5 Å². The predicted octanol–water partition coefficient (Wildman–Crippen LogP) is 2.66. The molecule has 1 atom stereocenters. The third kappa shape index (κ3) is 6.44. The number of allylic oxidation sites excluding steroid dienone is 3. The van der Waals surface area contributed by atoms with Gasteiger partial charge in [0.1, 0.15) is 18.3 Å². The number of carboxylic acids is 1. The van der Waals surface area contributed by atoms with Crippen LogP contribution in [0.15, 0.2) is 76.6 Å². The highest BCUT2D eigenvalue weighted by Crippen LogP contribution is 2.28. The highest BCUT2D eigenvalue weighted by molar-refractivity contribution is 7.88. The third-order valence-corrected chi connectivity index (χ3v) is 7.39. The second kappa shape index (κ2) is 11.7. The van der Waals surface area contributed by atoms with Crippen molar-refractivity contribution in [3.63, 3.8) is 0 Å². The summed E-state index contributed by atoms with van der Waals surface area (Å²) in [5.41, 5.74) is 9.76. The minimum absolute atomic E-state index is 0.160. The second-order valence-electron chi connectivity index (χ2n) is 8.66. The van der Waals surface area contributed by atoms with Gasteiger partial charge in [-0.25, -0.2) is 8.42 Å². The number of amides is 1. The molecule has 1 amide bonds. The van der Waals surface area contributed by atoms with E-state index in [1.54, 1.807) is 61.5 Å². The molecule has 1 aliphatic carbocycles. The van der Waals surface area contributed by atoms with Gasteiger partial charge in [0, 0.05) is 12.1 Å². The minimum Gasteiger partial charge on any atom is -0.480 e. The van der Waals surface area contributed by atoms with E-state index in [0.29, 0.717) is 32.3 Å². The van der Waals surface area contributed by atoms with Gasteiger partial charge in [-0.05, 0) is 53.8 Å². The number of benzene rings is 2. The molecule has 198 valence electrons. The van der Waals surface area contributed by atoms with Gasteiger partial charge < -0.3 is 21.4 Å². The summed E-state index contributed by atoms with van der Waals surface area (Å²) < 4.78 is 25.7. The molecule has 3 rings (SSSR count). The Morgan fingerprint density at radius 3 is 2.45 bits per heavy atom. The predicted molar refractivity (Wildman–Crippen MR) is 142 cm³/mol. The van der Waals surface area contributed by atoms with Gasteiger partial charge >= 0.3 is 5.97 Å². The molecule has 2 aromatic rings. The molecule has 0 bridgehead atoms. The van der Waals surface area contributed by atoms with E-state index in [0.717, 1.165) is 11.8 Å². The summed E-state index contributed by atoms with van der Waals surface area (Å²) >= 11 is 0. The molecule has 0 fully saturated rings. The standard InChI is InChI=1S/C26H27N5O6S/c1-16-18(9-12-22(30-35)25(16)28)13-23(31(15-24(32)33)38(2,36)37)26(34)29-20-10-7-17(8-11-20)21-6-4-3-5-19(21)14-27/h3-11,23,35H,12-13,15,28H2,1-2H3,(H,29,34)(H,32,33). The molecule has 0 aliphatic heterocycles. The zero-order chi connectivity index (χ0) is 28.0. The number of rotatable bonds is 9. The summed E-state index contributed by atoms with van der Waals surface area (Å²) in [6.45, 7) is 0.718. The SMILES string of the molecule is CC1=C(N)C(=NO)CC=C1CC(C(=O)Nc1ccc(-c2ccccc2C#N)cc1)N(CC(=O)O)S(C)(=O)=O. The van der Waals surface area contributed by atoms with Crippen LogP contribution in [0.2, 0.25) is 0 Å². The van der Waals surface area contributed by atoms with Crippen molar-refractivity contribution in [2.24, 2.45) is 10.9 Å². The molecule has 0 radical (unpaired) electrons. The monoisotopic (exact) mass is 537 g/mol. The van der Waals surface area contributed by atoms with E-state index >= 15 is 0 Å². The highest BCUT2D eigenvalue weighted by atomic mass is 32.2. The number of hydrogen-bond donors (Lipinski definition) is 4. The number of hydrogen-bond acceptors (Lipinski definition) is 8. The van der Waals surface area contributed by atoms with E-state index in [2.05, 4.69) is 16.5 Å². The molecule has 12 heteroatoms. The van der Waals surface area contributed by atoms with E-state index in [1.165, 1.54) is 0 Å². The average molecular weight is 538 g/mol. The Balaban J connectivity index is 1.94. The van der Waals surface area contributed by atoms with Crippen molar-refractivity contribution in [2.75, 3.05) is 18.1 Å². The maximum Gasteiger partial charge on any atom is 0.318 e. The first-order chi connectivity index (χ1) is 18.0. The van der Waals surface area contributed by atoms with Crippen LogP contribution in [-0.4, -0.2) is 59.5 Å². The summed E-state index contributed by atoms with van der Waals surface area (Å²) in [4.78, 5) is 24.9. The Labute approximate surface area is 220 Å². The fourth-order valence-corrected chi connectivity index (χ4v) is 5.10. The van der Waals surface area contributed by atoms with Crippen LogP contribution in [0.25, 0.3) is 11.1 Å². The fraction of sp³-hybridized carbons (Fsp3) is 0.231. The molecule has 0 aromatic heterocycles. The lowest BCUT2D eigenvalue weighted by molar-refractivity contribution is -0.137. The Morgan fingerprint density at radius 1 is 1.21 bits per heavy atom. The molecular formula is C26H27N5O6S. The molecular weight excluding hydrogens is 510 g/mol. The maximum absolute atomic E-state index is 13.4. The van der Waals surface area contributed by atoms with Gasteiger partial charge in [0.15, 0.2) is 0 Å². The molecule has 0 heterocycles. The first-order valence-corrected chi connectivity index (χ1v) is 13.3. The van der Waals surface area contributed by atoms with Gasteiger partial charge in [-0.15, -0.1) is 0 Å². The van der Waals surface area contributed by atoms with E-state index in [1.807, 2.05) is 0 Å². The van der Waals surface area contributed by atoms with Crippen LogP contribution >= 0.6 is 0 Å². The molecule has 1 unspecified atom stereocenters. The molecule has 1 aliphatic rings. The Hall–Kier alpha value is -4.47. The summed E-state index contributed by atoms with van der Waals surface area (Å²) in [6, 6.07) is 14.4. The van der Waals surface area contributed by atoms with E-state index in [9.17, 15) is 28.4 Å². The molecule has 0 spiro atoms. The number of carboxylic acid groups (broad SMARTS) is 1. The maximum atomic E-state index is 13.4. The van der Waals surface area contributed by atoms with Crippen molar-refractivity contribution in [1.29, 1.82) is 5.26 Å². The molecule has 2 aromatic carbocycles. The Morgan fingerprint density at radius 2 is 1.87 bits per heavy atom. The summed E-state index contributed by atoms with van der Waals surface area (Å²) in [6.07, 6.45) is 2.49. The van der Waals surface area contributed by atoms with Crippen LogP contribution in [0.4, 0.5) is 5.69 Å². The van der Waals surface area contributed by atoms with Crippen molar-refractivity contribution in [1.82, 2.24) is 4.31 Å². The number of aliphatic carboxylic acids is 1.